The molecular weight excluding hydrogens is 242 g/mol. The molecule has 0 aromatic heterocycles. The molecule has 13 heavy (non-hydrogen) atoms. The Labute approximate surface area is 82.9 Å². The van der Waals surface area contributed by atoms with Crippen LogP contribution in [0.3, 0.4) is 0 Å². The standard InChI is InChI=1S/C9H7BrF2O/c1-6(13)9(11,12)7-3-2-4-8(10)5-7/h2-5H,1H3. The fourth-order valence-corrected chi connectivity index (χ4v) is 1.29. The van der Waals surface area contributed by atoms with Gasteiger partial charge in [0.05, 0.1) is 0 Å². The van der Waals surface area contributed by atoms with E-state index in [2.05, 4.69) is 15.9 Å². The lowest BCUT2D eigenvalue weighted by atomic mass is 10.1. The maximum absolute atomic E-state index is 13.1. The van der Waals surface area contributed by atoms with Crippen LogP contribution in [0.4, 0.5) is 8.78 Å². The van der Waals surface area contributed by atoms with E-state index in [9.17, 15) is 13.6 Å². The third kappa shape index (κ3) is 2.12. The van der Waals surface area contributed by atoms with Crippen molar-refractivity contribution < 1.29 is 13.6 Å². The van der Waals surface area contributed by atoms with Crippen molar-refractivity contribution >= 4 is 21.7 Å². The van der Waals surface area contributed by atoms with Crippen LogP contribution in [0.15, 0.2) is 28.7 Å². The molecule has 0 N–H and O–H groups in total. The van der Waals surface area contributed by atoms with Crippen LogP contribution in [-0.2, 0) is 10.7 Å². The van der Waals surface area contributed by atoms with E-state index in [0.717, 1.165) is 6.92 Å². The lowest BCUT2D eigenvalue weighted by molar-refractivity contribution is -0.141. The number of ketones is 1. The Morgan fingerprint density at radius 2 is 2.08 bits per heavy atom. The minimum Gasteiger partial charge on any atom is -0.293 e. The maximum atomic E-state index is 13.1. The third-order valence-electron chi connectivity index (χ3n) is 1.63. The summed E-state index contributed by atoms with van der Waals surface area (Å²) in [5, 5.41) is 0. The van der Waals surface area contributed by atoms with E-state index < -0.39 is 11.7 Å². The van der Waals surface area contributed by atoms with E-state index >= 15 is 0 Å². The number of halogens is 3. The molecule has 0 bridgehead atoms. The van der Waals surface area contributed by atoms with E-state index in [1.807, 2.05) is 0 Å². The molecule has 0 aliphatic rings. The third-order valence-corrected chi connectivity index (χ3v) is 2.12. The summed E-state index contributed by atoms with van der Waals surface area (Å²) in [5.74, 6) is -4.53. The van der Waals surface area contributed by atoms with Crippen LogP contribution in [0.1, 0.15) is 12.5 Å². The van der Waals surface area contributed by atoms with Gasteiger partial charge >= 0.3 is 5.92 Å². The Balaban J connectivity index is 3.14. The molecule has 1 aromatic carbocycles. The molecule has 0 amide bonds. The van der Waals surface area contributed by atoms with Gasteiger partial charge in [-0.1, -0.05) is 28.1 Å². The quantitative estimate of drug-likeness (QED) is 0.786. The summed E-state index contributed by atoms with van der Waals surface area (Å²) in [4.78, 5) is 10.6. The minimum absolute atomic E-state index is 0.283. The van der Waals surface area contributed by atoms with Crippen LogP contribution in [0.25, 0.3) is 0 Å². The predicted molar refractivity (Wildman–Crippen MR) is 48.7 cm³/mol. The van der Waals surface area contributed by atoms with Crippen LogP contribution in [0.2, 0.25) is 0 Å². The molecule has 0 fully saturated rings. The van der Waals surface area contributed by atoms with Gasteiger partial charge in [0.15, 0.2) is 0 Å². The number of carbonyl (C=O) groups excluding carboxylic acids is 1. The van der Waals surface area contributed by atoms with E-state index in [-0.39, 0.29) is 5.56 Å². The number of hydrogen-bond acceptors (Lipinski definition) is 1. The average molecular weight is 249 g/mol. The van der Waals surface area contributed by atoms with Crippen molar-refractivity contribution in [2.45, 2.75) is 12.8 Å². The zero-order chi connectivity index (χ0) is 10.1. The molecule has 0 saturated heterocycles. The average Bonchev–Trinajstić information content (AvgIpc) is 2.04. The van der Waals surface area contributed by atoms with E-state index in [1.54, 1.807) is 6.07 Å². The topological polar surface area (TPSA) is 17.1 Å². The van der Waals surface area contributed by atoms with E-state index in [4.69, 9.17) is 0 Å². The summed E-state index contributed by atoms with van der Waals surface area (Å²) in [6.45, 7) is 0.876. The Hall–Kier alpha value is -0.770. The van der Waals surface area contributed by atoms with Gasteiger partial charge in [0, 0.05) is 17.0 Å². The molecule has 70 valence electrons. The zero-order valence-electron chi connectivity index (χ0n) is 6.85. The van der Waals surface area contributed by atoms with Crippen molar-refractivity contribution in [3.05, 3.63) is 34.3 Å². The van der Waals surface area contributed by atoms with Gasteiger partial charge in [0.2, 0.25) is 5.78 Å². The number of benzene rings is 1. The fraction of sp³-hybridized carbons (Fsp3) is 0.222. The molecule has 0 heterocycles. The highest BCUT2D eigenvalue weighted by atomic mass is 79.9. The number of carbonyl (C=O) groups is 1. The second-order valence-electron chi connectivity index (χ2n) is 2.64. The van der Waals surface area contributed by atoms with Gasteiger partial charge in [-0.05, 0) is 12.1 Å². The molecule has 0 unspecified atom stereocenters. The first-order valence-corrected chi connectivity index (χ1v) is 4.39. The lowest BCUT2D eigenvalue weighted by Gasteiger charge is -2.12. The van der Waals surface area contributed by atoms with E-state index in [0.29, 0.717) is 4.47 Å². The molecule has 0 aliphatic heterocycles. The Morgan fingerprint density at radius 1 is 1.46 bits per heavy atom. The monoisotopic (exact) mass is 248 g/mol. The summed E-state index contributed by atoms with van der Waals surface area (Å²) in [6.07, 6.45) is 0. The second-order valence-corrected chi connectivity index (χ2v) is 3.56. The Bertz CT molecular complexity index is 336. The molecule has 1 aromatic rings. The summed E-state index contributed by atoms with van der Waals surface area (Å²) < 4.78 is 26.7. The molecule has 0 spiro atoms. The first kappa shape index (κ1) is 10.3. The molecule has 0 radical (unpaired) electrons. The van der Waals surface area contributed by atoms with Crippen LogP contribution < -0.4 is 0 Å². The molecule has 4 heteroatoms. The van der Waals surface area contributed by atoms with Crippen LogP contribution in [0, 0.1) is 0 Å². The van der Waals surface area contributed by atoms with Gasteiger partial charge in [-0.25, -0.2) is 0 Å². The van der Waals surface area contributed by atoms with Crippen LogP contribution >= 0.6 is 15.9 Å². The SMILES string of the molecule is CC(=O)C(F)(F)c1cccc(Br)c1. The van der Waals surface area contributed by atoms with Crippen molar-refractivity contribution in [2.24, 2.45) is 0 Å². The van der Waals surface area contributed by atoms with Gasteiger partial charge in [0.25, 0.3) is 0 Å². The van der Waals surface area contributed by atoms with Gasteiger partial charge in [0.1, 0.15) is 0 Å². The molecule has 1 rings (SSSR count). The minimum atomic E-state index is -3.39. The number of rotatable bonds is 2. The van der Waals surface area contributed by atoms with Crippen molar-refractivity contribution in [3.8, 4) is 0 Å². The highest BCUT2D eigenvalue weighted by Gasteiger charge is 2.37. The second kappa shape index (κ2) is 3.54. The fourth-order valence-electron chi connectivity index (χ4n) is 0.887. The predicted octanol–water partition coefficient (Wildman–Crippen LogP) is 3.13. The van der Waals surface area contributed by atoms with E-state index in [1.165, 1.54) is 18.2 Å². The van der Waals surface area contributed by atoms with Crippen molar-refractivity contribution in [2.75, 3.05) is 0 Å². The highest BCUT2D eigenvalue weighted by Crippen LogP contribution is 2.30. The first-order valence-electron chi connectivity index (χ1n) is 3.59. The number of hydrogen-bond donors (Lipinski definition) is 0. The summed E-state index contributed by atoms with van der Waals surface area (Å²) in [5.41, 5.74) is -0.283. The summed E-state index contributed by atoms with van der Waals surface area (Å²) in [7, 11) is 0. The molecule has 0 atom stereocenters. The molecule has 0 saturated carbocycles. The summed E-state index contributed by atoms with van der Waals surface area (Å²) in [6, 6.07) is 5.56. The Morgan fingerprint density at radius 3 is 2.54 bits per heavy atom. The largest absolute Gasteiger partial charge is 0.330 e. The molecule has 0 aliphatic carbocycles. The molecule has 1 nitrogen and oxygen atoms in total. The van der Waals surface area contributed by atoms with Gasteiger partial charge in [-0.15, -0.1) is 0 Å². The van der Waals surface area contributed by atoms with Crippen molar-refractivity contribution in [3.63, 3.8) is 0 Å². The van der Waals surface area contributed by atoms with Crippen LogP contribution in [-0.4, -0.2) is 5.78 Å². The maximum Gasteiger partial charge on any atom is 0.330 e. The highest BCUT2D eigenvalue weighted by molar-refractivity contribution is 9.10. The smallest absolute Gasteiger partial charge is 0.293 e. The number of Topliss-reactive ketones (excluding diaryl/α,β-unsaturated/α-hetero) is 1. The summed E-state index contributed by atoms with van der Waals surface area (Å²) >= 11 is 3.06. The van der Waals surface area contributed by atoms with Crippen molar-refractivity contribution in [1.82, 2.24) is 0 Å². The lowest BCUT2D eigenvalue weighted by Crippen LogP contribution is -2.22. The Kier molecular flexibility index (Phi) is 2.81. The number of alkyl halides is 2. The molecular formula is C9H7BrF2O. The van der Waals surface area contributed by atoms with Crippen LogP contribution in [0.5, 0.6) is 0 Å². The normalized spacial score (nSPS) is 11.4. The van der Waals surface area contributed by atoms with Crippen molar-refractivity contribution in [1.29, 1.82) is 0 Å². The van der Waals surface area contributed by atoms with Gasteiger partial charge < -0.3 is 0 Å². The van der Waals surface area contributed by atoms with Gasteiger partial charge in [-0.2, -0.15) is 8.78 Å². The van der Waals surface area contributed by atoms with Gasteiger partial charge in [-0.3, -0.25) is 4.79 Å². The first-order chi connectivity index (χ1) is 5.94. The zero-order valence-corrected chi connectivity index (χ0v) is 8.44.